The van der Waals surface area contributed by atoms with Crippen LogP contribution in [0.1, 0.15) is 23.2 Å². The Kier molecular flexibility index (Phi) is 4.83. The van der Waals surface area contributed by atoms with Crippen LogP contribution in [0.25, 0.3) is 0 Å². The lowest BCUT2D eigenvalue weighted by molar-refractivity contribution is 0.0713. The molecule has 0 unspecified atom stereocenters. The number of thiocarbonyl (C=S) groups is 1. The number of nitrogens with two attached hydrogens (primary N) is 1. The van der Waals surface area contributed by atoms with E-state index in [0.29, 0.717) is 30.9 Å². The van der Waals surface area contributed by atoms with E-state index < -0.39 is 17.5 Å². The number of thioether (sulfide) groups is 1. The van der Waals surface area contributed by atoms with Crippen LogP contribution in [0.5, 0.6) is 0 Å². The quantitative estimate of drug-likeness (QED) is 0.866. The van der Waals surface area contributed by atoms with Crippen molar-refractivity contribution in [2.45, 2.75) is 17.6 Å². The lowest BCUT2D eigenvalue weighted by atomic mass is 9.95. The molecule has 1 saturated heterocycles. The second kappa shape index (κ2) is 6.27. The van der Waals surface area contributed by atoms with Crippen molar-refractivity contribution < 1.29 is 13.6 Å². The number of hydrogen-bond donors (Lipinski definition) is 1. The largest absolute Gasteiger partial charge is 0.392 e. The highest BCUT2D eigenvalue weighted by molar-refractivity contribution is 8.02. The summed E-state index contributed by atoms with van der Waals surface area (Å²) in [4.78, 5) is 14.2. The average molecular weight is 330 g/mol. The van der Waals surface area contributed by atoms with E-state index in [1.54, 1.807) is 11.8 Å². The summed E-state index contributed by atoms with van der Waals surface area (Å²) in [6, 6.07) is 3.62. The fraction of sp³-hybridized carbons (Fsp3) is 0.429. The molecule has 2 rings (SSSR count). The van der Waals surface area contributed by atoms with Crippen molar-refractivity contribution in [3.8, 4) is 0 Å². The molecule has 0 atom stereocenters. The molecule has 0 aliphatic carbocycles. The molecular weight excluding hydrogens is 314 g/mol. The van der Waals surface area contributed by atoms with E-state index in [0.717, 1.165) is 6.07 Å². The number of amides is 1. The van der Waals surface area contributed by atoms with Crippen molar-refractivity contribution in [1.29, 1.82) is 0 Å². The van der Waals surface area contributed by atoms with Crippen LogP contribution in [0.3, 0.4) is 0 Å². The SMILES string of the molecule is CSC1(C(N)=S)CCN(C(=O)c2cccc(F)c2F)CC1. The number of carbonyl (C=O) groups excluding carboxylic acids is 1. The Morgan fingerprint density at radius 2 is 2.00 bits per heavy atom. The number of halogens is 2. The topological polar surface area (TPSA) is 46.3 Å². The molecular formula is C14H16F2N2OS2. The summed E-state index contributed by atoms with van der Waals surface area (Å²) in [7, 11) is 0. The average Bonchev–Trinajstić information content (AvgIpc) is 2.49. The van der Waals surface area contributed by atoms with Crippen molar-refractivity contribution in [3.05, 3.63) is 35.4 Å². The molecule has 1 aliphatic heterocycles. The Labute approximate surface area is 131 Å². The van der Waals surface area contributed by atoms with Gasteiger partial charge in [0.2, 0.25) is 0 Å². The lowest BCUT2D eigenvalue weighted by Crippen LogP contribution is -2.50. The lowest BCUT2D eigenvalue weighted by Gasteiger charge is -2.40. The van der Waals surface area contributed by atoms with Gasteiger partial charge in [0.05, 0.1) is 15.3 Å². The number of likely N-dealkylation sites (tertiary alicyclic amines) is 1. The summed E-state index contributed by atoms with van der Waals surface area (Å²) in [6.07, 6.45) is 3.17. The predicted octanol–water partition coefficient (Wildman–Crippen LogP) is 2.59. The number of piperidine rings is 1. The summed E-state index contributed by atoms with van der Waals surface area (Å²) < 4.78 is 26.6. The van der Waals surface area contributed by atoms with Crippen molar-refractivity contribution in [3.63, 3.8) is 0 Å². The van der Waals surface area contributed by atoms with Crippen LogP contribution in [0.2, 0.25) is 0 Å². The van der Waals surface area contributed by atoms with Crippen molar-refractivity contribution in [2.75, 3.05) is 19.3 Å². The van der Waals surface area contributed by atoms with E-state index in [9.17, 15) is 13.6 Å². The molecule has 1 fully saturated rings. The van der Waals surface area contributed by atoms with E-state index in [1.807, 2.05) is 6.26 Å². The zero-order valence-electron chi connectivity index (χ0n) is 11.6. The second-order valence-electron chi connectivity index (χ2n) is 4.96. The number of rotatable bonds is 3. The fourth-order valence-electron chi connectivity index (χ4n) is 2.46. The van der Waals surface area contributed by atoms with Crippen LogP contribution in [-0.4, -0.2) is 39.9 Å². The first-order chi connectivity index (χ1) is 9.91. The van der Waals surface area contributed by atoms with Gasteiger partial charge in [-0.2, -0.15) is 11.8 Å². The first kappa shape index (κ1) is 16.2. The summed E-state index contributed by atoms with van der Waals surface area (Å²) in [6.45, 7) is 0.847. The molecule has 3 nitrogen and oxygen atoms in total. The first-order valence-electron chi connectivity index (χ1n) is 6.49. The van der Waals surface area contributed by atoms with Crippen molar-refractivity contribution in [1.82, 2.24) is 4.90 Å². The highest BCUT2D eigenvalue weighted by atomic mass is 32.2. The molecule has 0 bridgehead atoms. The molecule has 0 spiro atoms. The summed E-state index contributed by atoms with van der Waals surface area (Å²) >= 11 is 6.68. The standard InChI is InChI=1S/C14H16F2N2OS2/c1-21-14(13(17)20)5-7-18(8-6-14)12(19)9-3-2-4-10(15)11(9)16/h2-4H,5-8H2,1H3,(H2,17,20). The highest BCUT2D eigenvalue weighted by Gasteiger charge is 2.38. The molecule has 7 heteroatoms. The number of nitrogens with zero attached hydrogens (tertiary/aromatic N) is 1. The fourth-order valence-corrected chi connectivity index (χ4v) is 3.71. The Balaban J connectivity index is 2.14. The molecule has 1 aromatic rings. The van der Waals surface area contributed by atoms with E-state index in [2.05, 4.69) is 0 Å². The van der Waals surface area contributed by atoms with E-state index in [-0.39, 0.29) is 10.3 Å². The Hall–Kier alpha value is -1.21. The monoisotopic (exact) mass is 330 g/mol. The molecule has 21 heavy (non-hydrogen) atoms. The minimum Gasteiger partial charge on any atom is -0.392 e. The molecule has 1 aromatic carbocycles. The molecule has 114 valence electrons. The van der Waals surface area contributed by atoms with Gasteiger partial charge >= 0.3 is 0 Å². The van der Waals surface area contributed by atoms with Crippen LogP contribution in [0.4, 0.5) is 8.78 Å². The van der Waals surface area contributed by atoms with Gasteiger partial charge in [-0.15, -0.1) is 0 Å². The van der Waals surface area contributed by atoms with Gasteiger partial charge in [0.15, 0.2) is 11.6 Å². The highest BCUT2D eigenvalue weighted by Crippen LogP contribution is 2.35. The number of hydrogen-bond acceptors (Lipinski definition) is 3. The van der Waals surface area contributed by atoms with Gasteiger partial charge < -0.3 is 10.6 Å². The number of carbonyl (C=O) groups is 1. The van der Waals surface area contributed by atoms with Crippen LogP contribution >= 0.6 is 24.0 Å². The zero-order chi connectivity index (χ0) is 15.6. The van der Waals surface area contributed by atoms with Crippen LogP contribution in [0.15, 0.2) is 18.2 Å². The molecule has 2 N–H and O–H groups in total. The molecule has 1 aliphatic rings. The van der Waals surface area contributed by atoms with E-state index in [1.165, 1.54) is 17.0 Å². The Bertz CT molecular complexity index is 572. The van der Waals surface area contributed by atoms with Crippen molar-refractivity contribution in [2.24, 2.45) is 5.73 Å². The Morgan fingerprint density at radius 1 is 1.38 bits per heavy atom. The maximum Gasteiger partial charge on any atom is 0.256 e. The normalized spacial score (nSPS) is 17.6. The second-order valence-corrected chi connectivity index (χ2v) is 6.59. The summed E-state index contributed by atoms with van der Waals surface area (Å²) in [5.74, 6) is -2.61. The smallest absolute Gasteiger partial charge is 0.256 e. The van der Waals surface area contributed by atoms with Crippen LogP contribution in [-0.2, 0) is 0 Å². The van der Waals surface area contributed by atoms with Gasteiger partial charge in [-0.3, -0.25) is 4.79 Å². The van der Waals surface area contributed by atoms with Gasteiger partial charge in [0, 0.05) is 13.1 Å². The van der Waals surface area contributed by atoms with E-state index in [4.69, 9.17) is 18.0 Å². The zero-order valence-corrected chi connectivity index (χ0v) is 13.2. The third-order valence-corrected chi connectivity index (χ3v) is 5.81. The molecule has 0 saturated carbocycles. The minimum absolute atomic E-state index is 0.234. The number of benzene rings is 1. The van der Waals surface area contributed by atoms with Gasteiger partial charge in [-0.1, -0.05) is 18.3 Å². The predicted molar refractivity (Wildman–Crippen MR) is 84.5 cm³/mol. The molecule has 0 radical (unpaired) electrons. The molecule has 1 heterocycles. The Morgan fingerprint density at radius 3 is 2.52 bits per heavy atom. The van der Waals surface area contributed by atoms with Gasteiger partial charge in [-0.25, -0.2) is 8.78 Å². The van der Waals surface area contributed by atoms with Crippen LogP contribution in [0, 0.1) is 11.6 Å². The van der Waals surface area contributed by atoms with Crippen LogP contribution < -0.4 is 5.73 Å². The van der Waals surface area contributed by atoms with Gasteiger partial charge in [-0.05, 0) is 31.2 Å². The maximum absolute atomic E-state index is 13.7. The van der Waals surface area contributed by atoms with Gasteiger partial charge in [0.1, 0.15) is 0 Å². The van der Waals surface area contributed by atoms with Gasteiger partial charge in [0.25, 0.3) is 5.91 Å². The third-order valence-electron chi connectivity index (χ3n) is 3.88. The summed E-state index contributed by atoms with van der Waals surface area (Å²) in [5, 5.41) is 0. The minimum atomic E-state index is -1.10. The van der Waals surface area contributed by atoms with E-state index >= 15 is 0 Å². The molecule has 1 amide bonds. The molecule has 0 aromatic heterocycles. The summed E-state index contributed by atoms with van der Waals surface area (Å²) in [5.41, 5.74) is 5.55. The van der Waals surface area contributed by atoms with Crippen molar-refractivity contribution >= 4 is 34.9 Å². The first-order valence-corrected chi connectivity index (χ1v) is 8.13. The maximum atomic E-state index is 13.7. The third kappa shape index (κ3) is 3.03.